The first-order valence-electron chi connectivity index (χ1n) is 9.09. The second-order valence-corrected chi connectivity index (χ2v) is 9.31. The highest BCUT2D eigenvalue weighted by molar-refractivity contribution is 7.89. The molecule has 0 bridgehead atoms. The van der Waals surface area contributed by atoms with Gasteiger partial charge in [0.15, 0.2) is 0 Å². The first-order chi connectivity index (χ1) is 14.2. The number of nitrogens with zero attached hydrogens (tertiary/aromatic N) is 3. The number of anilines is 1. The van der Waals surface area contributed by atoms with E-state index >= 15 is 0 Å². The molecule has 3 aromatic rings. The minimum atomic E-state index is -3.72. The molecule has 9 heteroatoms. The average Bonchev–Trinajstić information content (AvgIpc) is 2.71. The molecule has 2 aromatic carbocycles. The van der Waals surface area contributed by atoms with Gasteiger partial charge in [0.2, 0.25) is 10.0 Å². The van der Waals surface area contributed by atoms with Gasteiger partial charge in [0.1, 0.15) is 5.82 Å². The number of carbonyl (C=O) groups is 1. The fourth-order valence-electron chi connectivity index (χ4n) is 2.82. The number of aryl methyl sites for hydroxylation is 2. The van der Waals surface area contributed by atoms with Crippen LogP contribution in [0.1, 0.15) is 27.3 Å². The molecule has 1 amide bonds. The molecule has 0 aliphatic carbocycles. The lowest BCUT2D eigenvalue weighted by atomic mass is 10.1. The van der Waals surface area contributed by atoms with Gasteiger partial charge in [0.25, 0.3) is 5.91 Å². The Morgan fingerprint density at radius 1 is 1.03 bits per heavy atom. The van der Waals surface area contributed by atoms with Crippen molar-refractivity contribution in [1.82, 2.24) is 14.3 Å². The van der Waals surface area contributed by atoms with Crippen molar-refractivity contribution in [2.45, 2.75) is 25.3 Å². The van der Waals surface area contributed by atoms with Crippen molar-refractivity contribution in [3.05, 3.63) is 82.4 Å². The lowest BCUT2D eigenvalue weighted by Gasteiger charge is -2.16. The van der Waals surface area contributed by atoms with Gasteiger partial charge in [0, 0.05) is 30.2 Å². The van der Waals surface area contributed by atoms with Gasteiger partial charge in [-0.05, 0) is 49.2 Å². The lowest BCUT2D eigenvalue weighted by molar-refractivity contribution is 0.102. The van der Waals surface area contributed by atoms with Crippen LogP contribution in [0.2, 0.25) is 5.02 Å². The topological polar surface area (TPSA) is 92.3 Å². The summed E-state index contributed by atoms with van der Waals surface area (Å²) in [6.45, 7) is 3.79. The van der Waals surface area contributed by atoms with Crippen molar-refractivity contribution in [3.63, 3.8) is 0 Å². The monoisotopic (exact) mass is 444 g/mol. The highest BCUT2D eigenvalue weighted by Crippen LogP contribution is 2.21. The summed E-state index contributed by atoms with van der Waals surface area (Å²) in [6.07, 6.45) is 2.77. The Bertz CT molecular complexity index is 1140. The minimum Gasteiger partial charge on any atom is -0.321 e. The van der Waals surface area contributed by atoms with Gasteiger partial charge >= 0.3 is 0 Å². The number of aromatic nitrogens is 2. The van der Waals surface area contributed by atoms with Crippen molar-refractivity contribution in [1.29, 1.82) is 0 Å². The molecule has 0 fully saturated rings. The zero-order valence-corrected chi connectivity index (χ0v) is 18.3. The van der Waals surface area contributed by atoms with Crippen LogP contribution in [-0.2, 0) is 16.6 Å². The number of para-hydroxylation sites is 1. The highest BCUT2D eigenvalue weighted by Gasteiger charge is 2.22. The van der Waals surface area contributed by atoms with Gasteiger partial charge in [0.05, 0.1) is 17.0 Å². The Balaban J connectivity index is 1.71. The number of rotatable bonds is 6. The van der Waals surface area contributed by atoms with E-state index in [1.807, 2.05) is 32.0 Å². The molecule has 0 aliphatic heterocycles. The maximum Gasteiger partial charge on any atom is 0.258 e. The van der Waals surface area contributed by atoms with Gasteiger partial charge in [-0.25, -0.2) is 18.4 Å². The molecule has 0 saturated heterocycles. The molecule has 1 N–H and O–H groups in total. The number of carbonyl (C=O) groups excluding carboxylic acids is 1. The third kappa shape index (κ3) is 4.84. The van der Waals surface area contributed by atoms with E-state index in [0.717, 1.165) is 21.1 Å². The van der Waals surface area contributed by atoms with E-state index in [2.05, 4.69) is 15.3 Å². The van der Waals surface area contributed by atoms with E-state index < -0.39 is 10.0 Å². The van der Waals surface area contributed by atoms with Crippen LogP contribution in [-0.4, -0.2) is 35.6 Å². The van der Waals surface area contributed by atoms with E-state index in [0.29, 0.717) is 5.02 Å². The van der Waals surface area contributed by atoms with Crippen LogP contribution in [0, 0.1) is 13.8 Å². The van der Waals surface area contributed by atoms with Crippen molar-refractivity contribution in [2.75, 3.05) is 12.4 Å². The first kappa shape index (κ1) is 21.9. The van der Waals surface area contributed by atoms with E-state index in [9.17, 15) is 13.2 Å². The molecule has 156 valence electrons. The van der Waals surface area contributed by atoms with Crippen LogP contribution >= 0.6 is 11.6 Å². The second kappa shape index (κ2) is 8.91. The molecule has 7 nitrogen and oxygen atoms in total. The molecule has 0 unspecified atom stereocenters. The fraction of sp³-hybridized carbons (Fsp3) is 0.190. The molecule has 3 rings (SSSR count). The molecule has 0 radical (unpaired) electrons. The van der Waals surface area contributed by atoms with Crippen molar-refractivity contribution < 1.29 is 13.2 Å². The van der Waals surface area contributed by atoms with Crippen LogP contribution in [0.3, 0.4) is 0 Å². The quantitative estimate of drug-likeness (QED) is 0.623. The average molecular weight is 445 g/mol. The zero-order valence-electron chi connectivity index (χ0n) is 16.8. The molecule has 1 heterocycles. The number of nitrogens with one attached hydrogen (secondary N) is 1. The number of sulfonamides is 1. The lowest BCUT2D eigenvalue weighted by Crippen LogP contribution is -2.27. The summed E-state index contributed by atoms with van der Waals surface area (Å²) < 4.78 is 26.4. The van der Waals surface area contributed by atoms with Crippen molar-refractivity contribution >= 4 is 33.2 Å². The van der Waals surface area contributed by atoms with Crippen LogP contribution < -0.4 is 5.32 Å². The summed E-state index contributed by atoms with van der Waals surface area (Å²) in [5.41, 5.74) is 2.94. The van der Waals surface area contributed by atoms with E-state index in [-0.39, 0.29) is 28.7 Å². The molecule has 1 aromatic heterocycles. The summed E-state index contributed by atoms with van der Waals surface area (Å²) in [7, 11) is -2.28. The molecular formula is C21H21ClN4O3S. The molecule has 0 saturated carbocycles. The van der Waals surface area contributed by atoms with Crippen LogP contribution in [0.25, 0.3) is 0 Å². The Hall–Kier alpha value is -2.81. The molecule has 30 heavy (non-hydrogen) atoms. The highest BCUT2D eigenvalue weighted by atomic mass is 35.5. The Labute approximate surface area is 180 Å². The minimum absolute atomic E-state index is 0.0379. The largest absolute Gasteiger partial charge is 0.321 e. The van der Waals surface area contributed by atoms with Crippen LogP contribution in [0.5, 0.6) is 0 Å². The van der Waals surface area contributed by atoms with E-state index in [4.69, 9.17) is 11.6 Å². The van der Waals surface area contributed by atoms with Gasteiger partial charge in [-0.2, -0.15) is 4.31 Å². The Kier molecular flexibility index (Phi) is 6.50. The predicted octanol–water partition coefficient (Wildman–Crippen LogP) is 3.82. The van der Waals surface area contributed by atoms with Crippen molar-refractivity contribution in [3.8, 4) is 0 Å². The summed E-state index contributed by atoms with van der Waals surface area (Å²) in [5, 5.41) is 3.32. The normalized spacial score (nSPS) is 11.5. The molecule has 0 spiro atoms. The van der Waals surface area contributed by atoms with Gasteiger partial charge in [-0.3, -0.25) is 4.79 Å². The van der Waals surface area contributed by atoms with E-state index in [1.54, 1.807) is 0 Å². The Morgan fingerprint density at radius 2 is 1.60 bits per heavy atom. The third-order valence-electron chi connectivity index (χ3n) is 4.57. The van der Waals surface area contributed by atoms with E-state index in [1.165, 1.54) is 43.7 Å². The number of amides is 1. The molecule has 0 aliphatic rings. The number of hydrogen-bond donors (Lipinski definition) is 1. The predicted molar refractivity (Wildman–Crippen MR) is 116 cm³/mol. The zero-order chi connectivity index (χ0) is 21.9. The summed E-state index contributed by atoms with van der Waals surface area (Å²) >= 11 is 5.82. The smallest absolute Gasteiger partial charge is 0.258 e. The number of benzene rings is 2. The summed E-state index contributed by atoms with van der Waals surface area (Å²) in [6, 6.07) is 11.7. The summed E-state index contributed by atoms with van der Waals surface area (Å²) in [5.74, 6) is -0.0558. The molecule has 0 atom stereocenters. The standard InChI is InChI=1S/C21H21ClN4O3S/c1-14-5-4-6-15(2)20(14)25-21(27)16-11-23-19(24-12-16)13-26(3)30(28,29)18-9-7-17(22)8-10-18/h4-12H,13H2,1-3H3,(H,25,27). The maximum absolute atomic E-state index is 12.7. The Morgan fingerprint density at radius 3 is 2.17 bits per heavy atom. The van der Waals surface area contributed by atoms with Gasteiger partial charge in [-0.15, -0.1) is 0 Å². The fourth-order valence-corrected chi connectivity index (χ4v) is 4.07. The van der Waals surface area contributed by atoms with Crippen LogP contribution in [0.15, 0.2) is 59.8 Å². The van der Waals surface area contributed by atoms with Crippen molar-refractivity contribution in [2.24, 2.45) is 0 Å². The first-order valence-corrected chi connectivity index (χ1v) is 10.9. The van der Waals surface area contributed by atoms with Gasteiger partial charge in [-0.1, -0.05) is 29.8 Å². The number of hydrogen-bond acceptors (Lipinski definition) is 5. The SMILES string of the molecule is Cc1cccc(C)c1NC(=O)c1cnc(CN(C)S(=O)(=O)c2ccc(Cl)cc2)nc1. The van der Waals surface area contributed by atoms with Gasteiger partial charge < -0.3 is 5.32 Å². The third-order valence-corrected chi connectivity index (χ3v) is 6.64. The molecular weight excluding hydrogens is 424 g/mol. The summed E-state index contributed by atoms with van der Waals surface area (Å²) in [4.78, 5) is 20.9. The maximum atomic E-state index is 12.7. The number of halogens is 1. The van der Waals surface area contributed by atoms with Crippen LogP contribution in [0.4, 0.5) is 5.69 Å². The second-order valence-electron chi connectivity index (χ2n) is 6.82.